The number of thiol groups is 1. The van der Waals surface area contributed by atoms with Crippen molar-refractivity contribution < 1.29 is 19.4 Å². The molecule has 5 nitrogen and oxygen atoms in total. The van der Waals surface area contributed by atoms with E-state index < -0.39 is 18.0 Å². The summed E-state index contributed by atoms with van der Waals surface area (Å²) in [5.74, 6) is -1.24. The second-order valence-corrected chi connectivity index (χ2v) is 5.22. The zero-order valence-electron chi connectivity index (χ0n) is 12.3. The molecule has 2 rings (SSSR count). The first-order valence-corrected chi connectivity index (χ1v) is 7.64. The molecule has 2 N–H and O–H groups in total. The van der Waals surface area contributed by atoms with Crippen LogP contribution in [0, 0.1) is 0 Å². The molecule has 0 saturated heterocycles. The number of carbonyl (C=O) groups is 2. The maximum absolute atomic E-state index is 12.0. The van der Waals surface area contributed by atoms with E-state index in [0.29, 0.717) is 11.3 Å². The van der Waals surface area contributed by atoms with Gasteiger partial charge in [0.2, 0.25) is 0 Å². The van der Waals surface area contributed by atoms with E-state index in [4.69, 9.17) is 9.84 Å². The Morgan fingerprint density at radius 1 is 1.09 bits per heavy atom. The standard InChI is InChI=1S/C17H17NO4S/c19-16(20)15(11-23)18-14-8-6-13(7-9-14)17(21)22-10-12-4-2-1-3-5-12/h1-9,15,18,23H,10-11H2,(H,19,20)/t15-/m0/s1. The Balaban J connectivity index is 1.93. The molecule has 0 aliphatic carbocycles. The molecule has 23 heavy (non-hydrogen) atoms. The van der Waals surface area contributed by atoms with Crippen LogP contribution >= 0.6 is 12.6 Å². The summed E-state index contributed by atoms with van der Waals surface area (Å²) in [4.78, 5) is 22.9. The SMILES string of the molecule is O=C(OCc1ccccc1)c1ccc(N[C@@H](CS)C(=O)O)cc1. The van der Waals surface area contributed by atoms with Crippen molar-refractivity contribution in [3.63, 3.8) is 0 Å². The van der Waals surface area contributed by atoms with E-state index in [0.717, 1.165) is 5.56 Å². The lowest BCUT2D eigenvalue weighted by Crippen LogP contribution is -2.30. The minimum atomic E-state index is -0.980. The molecule has 0 unspecified atom stereocenters. The predicted octanol–water partition coefficient (Wildman–Crippen LogP) is 2.84. The third kappa shape index (κ3) is 5.03. The van der Waals surface area contributed by atoms with Gasteiger partial charge in [0.15, 0.2) is 0 Å². The van der Waals surface area contributed by atoms with Gasteiger partial charge in [0, 0.05) is 11.4 Å². The van der Waals surface area contributed by atoms with Gasteiger partial charge in [-0.25, -0.2) is 9.59 Å². The van der Waals surface area contributed by atoms with Crippen molar-refractivity contribution in [3.05, 3.63) is 65.7 Å². The Labute approximate surface area is 139 Å². The van der Waals surface area contributed by atoms with Crippen LogP contribution in [0.4, 0.5) is 5.69 Å². The molecule has 0 bridgehead atoms. The molecule has 0 aliphatic heterocycles. The molecule has 0 radical (unpaired) electrons. The summed E-state index contributed by atoms with van der Waals surface area (Å²) >= 11 is 3.98. The fourth-order valence-electron chi connectivity index (χ4n) is 1.90. The number of aliphatic carboxylic acids is 1. The van der Waals surface area contributed by atoms with Crippen LogP contribution in [-0.4, -0.2) is 28.8 Å². The van der Waals surface area contributed by atoms with Crippen LogP contribution < -0.4 is 5.32 Å². The number of nitrogens with one attached hydrogen (secondary N) is 1. The molecule has 0 heterocycles. The van der Waals surface area contributed by atoms with Crippen LogP contribution in [0.15, 0.2) is 54.6 Å². The summed E-state index contributed by atoms with van der Waals surface area (Å²) in [5, 5.41) is 11.8. The van der Waals surface area contributed by atoms with Crippen molar-refractivity contribution in [2.45, 2.75) is 12.6 Å². The van der Waals surface area contributed by atoms with Gasteiger partial charge in [-0.15, -0.1) is 0 Å². The highest BCUT2D eigenvalue weighted by molar-refractivity contribution is 7.80. The largest absolute Gasteiger partial charge is 0.480 e. The van der Waals surface area contributed by atoms with Crippen LogP contribution in [0.1, 0.15) is 15.9 Å². The second-order valence-electron chi connectivity index (χ2n) is 4.86. The number of esters is 1. The summed E-state index contributed by atoms with van der Waals surface area (Å²) in [6.07, 6.45) is 0. The van der Waals surface area contributed by atoms with Crippen molar-refractivity contribution in [1.82, 2.24) is 0 Å². The van der Waals surface area contributed by atoms with E-state index in [1.54, 1.807) is 24.3 Å². The fraction of sp³-hybridized carbons (Fsp3) is 0.176. The number of hydrogen-bond acceptors (Lipinski definition) is 5. The molecule has 120 valence electrons. The Hall–Kier alpha value is -2.47. The van der Waals surface area contributed by atoms with Gasteiger partial charge in [0.05, 0.1) is 5.56 Å². The third-order valence-corrected chi connectivity index (χ3v) is 3.52. The van der Waals surface area contributed by atoms with Gasteiger partial charge in [-0.1, -0.05) is 30.3 Å². The van der Waals surface area contributed by atoms with Gasteiger partial charge in [0.25, 0.3) is 0 Å². The fourth-order valence-corrected chi connectivity index (χ4v) is 2.14. The maximum Gasteiger partial charge on any atom is 0.338 e. The van der Waals surface area contributed by atoms with Crippen molar-refractivity contribution in [2.75, 3.05) is 11.1 Å². The Bertz CT molecular complexity index is 658. The number of benzene rings is 2. The lowest BCUT2D eigenvalue weighted by Gasteiger charge is -2.13. The number of carboxylic acids is 1. The third-order valence-electron chi connectivity index (χ3n) is 3.15. The van der Waals surface area contributed by atoms with Gasteiger partial charge in [-0.05, 0) is 29.8 Å². The van der Waals surface area contributed by atoms with Crippen molar-refractivity contribution in [1.29, 1.82) is 0 Å². The number of carbonyl (C=O) groups excluding carboxylic acids is 1. The molecule has 6 heteroatoms. The van der Waals surface area contributed by atoms with Crippen LogP contribution in [0.2, 0.25) is 0 Å². The van der Waals surface area contributed by atoms with E-state index in [9.17, 15) is 9.59 Å². The van der Waals surface area contributed by atoms with Gasteiger partial charge in [-0.2, -0.15) is 12.6 Å². The number of anilines is 1. The molecule has 1 atom stereocenters. The van der Waals surface area contributed by atoms with Crippen molar-refractivity contribution >= 4 is 30.3 Å². The van der Waals surface area contributed by atoms with Crippen LogP contribution in [0.3, 0.4) is 0 Å². The molecule has 0 aliphatic rings. The monoisotopic (exact) mass is 331 g/mol. The Kier molecular flexibility index (Phi) is 6.05. The number of hydrogen-bond donors (Lipinski definition) is 3. The summed E-state index contributed by atoms with van der Waals surface area (Å²) < 4.78 is 5.23. The molecule has 0 amide bonds. The molecule has 0 fully saturated rings. The first-order valence-electron chi connectivity index (χ1n) is 7.01. The zero-order chi connectivity index (χ0) is 16.7. The molecule has 0 aromatic heterocycles. The average Bonchev–Trinajstić information content (AvgIpc) is 2.58. The highest BCUT2D eigenvalue weighted by atomic mass is 32.1. The number of carboxylic acid groups (broad SMARTS) is 1. The topological polar surface area (TPSA) is 75.6 Å². The normalized spacial score (nSPS) is 11.5. The molecular weight excluding hydrogens is 314 g/mol. The van der Waals surface area contributed by atoms with E-state index >= 15 is 0 Å². The summed E-state index contributed by atoms with van der Waals surface area (Å²) in [5.41, 5.74) is 1.92. The lowest BCUT2D eigenvalue weighted by molar-refractivity contribution is -0.137. The van der Waals surface area contributed by atoms with E-state index in [1.807, 2.05) is 30.3 Å². The zero-order valence-corrected chi connectivity index (χ0v) is 13.2. The minimum Gasteiger partial charge on any atom is -0.480 e. The van der Waals surface area contributed by atoms with Crippen molar-refractivity contribution in [2.24, 2.45) is 0 Å². The predicted molar refractivity (Wildman–Crippen MR) is 90.9 cm³/mol. The number of ether oxygens (including phenoxy) is 1. The quantitative estimate of drug-likeness (QED) is 0.537. The van der Waals surface area contributed by atoms with Crippen LogP contribution in [-0.2, 0) is 16.1 Å². The molecule has 0 spiro atoms. The van der Waals surface area contributed by atoms with E-state index in [2.05, 4.69) is 17.9 Å². The lowest BCUT2D eigenvalue weighted by atomic mass is 10.2. The van der Waals surface area contributed by atoms with Crippen LogP contribution in [0.5, 0.6) is 0 Å². The van der Waals surface area contributed by atoms with E-state index in [1.165, 1.54) is 0 Å². The van der Waals surface area contributed by atoms with E-state index in [-0.39, 0.29) is 12.4 Å². The Morgan fingerprint density at radius 3 is 2.30 bits per heavy atom. The van der Waals surface area contributed by atoms with Gasteiger partial charge >= 0.3 is 11.9 Å². The smallest absolute Gasteiger partial charge is 0.338 e. The van der Waals surface area contributed by atoms with Gasteiger partial charge < -0.3 is 15.2 Å². The van der Waals surface area contributed by atoms with Crippen LogP contribution in [0.25, 0.3) is 0 Å². The molecule has 2 aromatic rings. The highest BCUT2D eigenvalue weighted by Crippen LogP contribution is 2.13. The highest BCUT2D eigenvalue weighted by Gasteiger charge is 2.15. The summed E-state index contributed by atoms with van der Waals surface area (Å²) in [7, 11) is 0. The van der Waals surface area contributed by atoms with Gasteiger partial charge in [0.1, 0.15) is 12.6 Å². The molecule has 0 saturated carbocycles. The summed E-state index contributed by atoms with van der Waals surface area (Å²) in [6, 6.07) is 15.1. The second kappa shape index (κ2) is 8.24. The van der Waals surface area contributed by atoms with Gasteiger partial charge in [-0.3, -0.25) is 0 Å². The first-order chi connectivity index (χ1) is 11.1. The first kappa shape index (κ1) is 16.9. The van der Waals surface area contributed by atoms with Crippen molar-refractivity contribution in [3.8, 4) is 0 Å². The summed E-state index contributed by atoms with van der Waals surface area (Å²) in [6.45, 7) is 0.209. The Morgan fingerprint density at radius 2 is 1.74 bits per heavy atom. The molecule has 2 aromatic carbocycles. The molecular formula is C17H17NO4S. The minimum absolute atomic E-state index is 0.163. The maximum atomic E-state index is 12.0. The number of rotatable bonds is 7. The average molecular weight is 331 g/mol.